The fourth-order valence-corrected chi connectivity index (χ4v) is 4.42. The maximum absolute atomic E-state index is 12.6. The topological polar surface area (TPSA) is 77.2 Å². The summed E-state index contributed by atoms with van der Waals surface area (Å²) in [6.07, 6.45) is 2.20. The predicted molar refractivity (Wildman–Crippen MR) is 110 cm³/mol. The average Bonchev–Trinajstić information content (AvgIpc) is 3.32. The van der Waals surface area contributed by atoms with Gasteiger partial charge in [0.1, 0.15) is 0 Å². The molecule has 140 valence electrons. The van der Waals surface area contributed by atoms with Crippen molar-refractivity contribution in [1.82, 2.24) is 10.3 Å². The van der Waals surface area contributed by atoms with E-state index in [4.69, 9.17) is 10.5 Å². The fraction of sp³-hybridized carbons (Fsp3) is 0.333. The van der Waals surface area contributed by atoms with Crippen molar-refractivity contribution >= 4 is 32.6 Å². The number of nitrogens with one attached hydrogen (secondary N) is 1. The zero-order valence-corrected chi connectivity index (χ0v) is 16.4. The highest BCUT2D eigenvalue weighted by atomic mass is 32.1. The van der Waals surface area contributed by atoms with Gasteiger partial charge in [0, 0.05) is 24.3 Å². The van der Waals surface area contributed by atoms with Gasteiger partial charge in [0.15, 0.2) is 5.13 Å². The summed E-state index contributed by atoms with van der Waals surface area (Å²) in [4.78, 5) is 17.1. The number of carbonyl (C=O) groups is 1. The van der Waals surface area contributed by atoms with Crippen LogP contribution >= 0.6 is 11.3 Å². The Morgan fingerprint density at radius 3 is 3.00 bits per heavy atom. The molecule has 1 amide bonds. The van der Waals surface area contributed by atoms with E-state index in [1.165, 1.54) is 22.5 Å². The van der Waals surface area contributed by atoms with Gasteiger partial charge in [-0.25, -0.2) is 4.98 Å². The molecule has 0 saturated carbocycles. The minimum atomic E-state index is -0.0785. The Hall–Kier alpha value is -2.44. The van der Waals surface area contributed by atoms with Gasteiger partial charge in [-0.1, -0.05) is 23.5 Å². The van der Waals surface area contributed by atoms with Gasteiger partial charge in [0.2, 0.25) is 0 Å². The molecule has 6 heteroatoms. The van der Waals surface area contributed by atoms with E-state index in [9.17, 15) is 4.79 Å². The van der Waals surface area contributed by atoms with E-state index in [0.717, 1.165) is 40.8 Å². The smallest absolute Gasteiger partial charge is 0.251 e. The Kier molecular flexibility index (Phi) is 4.85. The molecule has 0 unspecified atom stereocenters. The Morgan fingerprint density at radius 2 is 2.22 bits per heavy atom. The van der Waals surface area contributed by atoms with Crippen molar-refractivity contribution in [3.8, 4) is 11.1 Å². The Bertz CT molecular complexity index is 1010. The quantitative estimate of drug-likeness (QED) is 0.714. The van der Waals surface area contributed by atoms with Crippen LogP contribution in [0.2, 0.25) is 0 Å². The lowest BCUT2D eigenvalue weighted by Gasteiger charge is -2.12. The summed E-state index contributed by atoms with van der Waals surface area (Å²) in [5.74, 6) is -0.0785. The molecular formula is C21H23N3O2S. The van der Waals surface area contributed by atoms with Crippen molar-refractivity contribution in [2.45, 2.75) is 32.8 Å². The van der Waals surface area contributed by atoms with Crippen LogP contribution in [-0.2, 0) is 4.74 Å². The number of rotatable bonds is 4. The summed E-state index contributed by atoms with van der Waals surface area (Å²) in [5.41, 5.74) is 11.9. The number of aryl methyl sites for hydroxylation is 2. The normalized spacial score (nSPS) is 16.7. The molecule has 1 saturated heterocycles. The van der Waals surface area contributed by atoms with Gasteiger partial charge in [-0.2, -0.15) is 0 Å². The summed E-state index contributed by atoms with van der Waals surface area (Å²) in [6, 6.07) is 9.80. The number of hydrogen-bond donors (Lipinski definition) is 2. The highest BCUT2D eigenvalue weighted by Gasteiger charge is 2.18. The van der Waals surface area contributed by atoms with Crippen LogP contribution in [0.1, 0.15) is 34.3 Å². The lowest BCUT2D eigenvalue weighted by atomic mass is 9.97. The summed E-state index contributed by atoms with van der Waals surface area (Å²) in [7, 11) is 0. The molecule has 2 aromatic carbocycles. The van der Waals surface area contributed by atoms with Crippen LogP contribution < -0.4 is 11.1 Å². The molecule has 1 aromatic heterocycles. The molecular weight excluding hydrogens is 358 g/mol. The van der Waals surface area contributed by atoms with E-state index < -0.39 is 0 Å². The van der Waals surface area contributed by atoms with Gasteiger partial charge in [0.05, 0.1) is 16.3 Å². The number of amides is 1. The molecule has 1 atom stereocenters. The monoisotopic (exact) mass is 381 g/mol. The lowest BCUT2D eigenvalue weighted by Crippen LogP contribution is -2.31. The number of aromatic nitrogens is 1. The van der Waals surface area contributed by atoms with Crippen molar-refractivity contribution < 1.29 is 9.53 Å². The van der Waals surface area contributed by atoms with Gasteiger partial charge in [-0.05, 0) is 61.6 Å². The Balaban J connectivity index is 1.65. The van der Waals surface area contributed by atoms with Gasteiger partial charge >= 0.3 is 0 Å². The first-order valence-corrected chi connectivity index (χ1v) is 10.0. The molecule has 27 heavy (non-hydrogen) atoms. The molecule has 2 heterocycles. The van der Waals surface area contributed by atoms with Gasteiger partial charge < -0.3 is 15.8 Å². The number of thiazole rings is 1. The highest BCUT2D eigenvalue weighted by molar-refractivity contribution is 7.22. The maximum Gasteiger partial charge on any atom is 0.251 e. The van der Waals surface area contributed by atoms with E-state index in [1.54, 1.807) is 0 Å². The first-order valence-electron chi connectivity index (χ1n) is 9.19. The zero-order valence-electron chi connectivity index (χ0n) is 15.5. The van der Waals surface area contributed by atoms with Crippen LogP contribution in [0.25, 0.3) is 21.3 Å². The second kappa shape index (κ2) is 7.29. The second-order valence-corrected chi connectivity index (χ2v) is 8.05. The van der Waals surface area contributed by atoms with Crippen LogP contribution in [0.15, 0.2) is 30.3 Å². The summed E-state index contributed by atoms with van der Waals surface area (Å²) in [6.45, 7) is 5.52. The number of anilines is 1. The third kappa shape index (κ3) is 3.55. The molecule has 3 aromatic rings. The van der Waals surface area contributed by atoms with E-state index in [0.29, 0.717) is 17.2 Å². The third-order valence-electron chi connectivity index (χ3n) is 5.14. The molecule has 5 nitrogen and oxygen atoms in total. The second-order valence-electron chi connectivity index (χ2n) is 7.02. The molecule has 1 fully saturated rings. The van der Waals surface area contributed by atoms with E-state index in [2.05, 4.69) is 30.2 Å². The van der Waals surface area contributed by atoms with Gasteiger partial charge in [0.25, 0.3) is 5.91 Å². The number of nitrogens with zero attached hydrogens (tertiary/aromatic N) is 1. The largest absolute Gasteiger partial charge is 0.376 e. The number of hydrogen-bond acceptors (Lipinski definition) is 5. The standard InChI is InChI=1S/C21H23N3O2S/c1-12-9-17(18-19(13(12)2)27-21(22)24-18)14-5-3-6-15(10-14)20(25)23-11-16-7-4-8-26-16/h3,5-6,9-10,16H,4,7-8,11H2,1-2H3,(H2,22,24)(H,23,25)/t16-/m1/s1. The third-order valence-corrected chi connectivity index (χ3v) is 6.15. The van der Waals surface area contributed by atoms with Crippen molar-refractivity contribution in [3.05, 3.63) is 47.0 Å². The van der Waals surface area contributed by atoms with Crippen molar-refractivity contribution in [2.75, 3.05) is 18.9 Å². The lowest BCUT2D eigenvalue weighted by molar-refractivity contribution is 0.0858. The minimum Gasteiger partial charge on any atom is -0.376 e. The Labute approximate surface area is 162 Å². The number of fused-ring (bicyclic) bond motifs is 1. The van der Waals surface area contributed by atoms with E-state index in [-0.39, 0.29) is 12.0 Å². The van der Waals surface area contributed by atoms with Crippen LogP contribution in [0.5, 0.6) is 0 Å². The van der Waals surface area contributed by atoms with Crippen LogP contribution in [0.3, 0.4) is 0 Å². The zero-order chi connectivity index (χ0) is 19.0. The van der Waals surface area contributed by atoms with Gasteiger partial charge in [-0.15, -0.1) is 0 Å². The molecule has 0 radical (unpaired) electrons. The molecule has 1 aliphatic rings. The first-order chi connectivity index (χ1) is 13.0. The molecule has 0 bridgehead atoms. The number of ether oxygens (including phenoxy) is 1. The summed E-state index contributed by atoms with van der Waals surface area (Å²) >= 11 is 1.51. The SMILES string of the molecule is Cc1cc(-c2cccc(C(=O)NC[C@H]3CCCO3)c2)c2nc(N)sc2c1C. The number of nitrogen functional groups attached to an aromatic ring is 1. The Morgan fingerprint density at radius 1 is 1.37 bits per heavy atom. The van der Waals surface area contributed by atoms with Crippen LogP contribution in [0, 0.1) is 13.8 Å². The number of benzene rings is 2. The summed E-state index contributed by atoms with van der Waals surface area (Å²) < 4.78 is 6.68. The fourth-order valence-electron chi connectivity index (χ4n) is 3.51. The molecule has 0 spiro atoms. The molecule has 4 rings (SSSR count). The van der Waals surface area contributed by atoms with Crippen LogP contribution in [0.4, 0.5) is 5.13 Å². The van der Waals surface area contributed by atoms with Crippen molar-refractivity contribution in [2.24, 2.45) is 0 Å². The summed E-state index contributed by atoms with van der Waals surface area (Å²) in [5, 5.41) is 3.54. The van der Waals surface area contributed by atoms with Crippen LogP contribution in [-0.4, -0.2) is 30.1 Å². The average molecular weight is 382 g/mol. The minimum absolute atomic E-state index is 0.0785. The molecule has 1 aliphatic heterocycles. The predicted octanol–water partition coefficient (Wildman–Crippen LogP) is 4.07. The highest BCUT2D eigenvalue weighted by Crippen LogP contribution is 2.36. The number of carbonyl (C=O) groups excluding carboxylic acids is 1. The van der Waals surface area contributed by atoms with E-state index in [1.807, 2.05) is 24.3 Å². The van der Waals surface area contributed by atoms with Crippen molar-refractivity contribution in [1.29, 1.82) is 0 Å². The first kappa shape index (κ1) is 17.9. The number of nitrogens with two attached hydrogens (primary N) is 1. The molecule has 0 aliphatic carbocycles. The van der Waals surface area contributed by atoms with Crippen molar-refractivity contribution in [3.63, 3.8) is 0 Å². The molecule has 3 N–H and O–H groups in total. The van der Waals surface area contributed by atoms with E-state index >= 15 is 0 Å². The van der Waals surface area contributed by atoms with Gasteiger partial charge in [-0.3, -0.25) is 4.79 Å². The maximum atomic E-state index is 12.6.